The van der Waals surface area contributed by atoms with Gasteiger partial charge in [-0.05, 0) is 31.2 Å². The van der Waals surface area contributed by atoms with Crippen LogP contribution in [0.4, 0.5) is 0 Å². The lowest BCUT2D eigenvalue weighted by Gasteiger charge is -2.39. The first-order valence-electron chi connectivity index (χ1n) is 7.73. The van der Waals surface area contributed by atoms with Crippen LogP contribution in [0.1, 0.15) is 24.0 Å². The average Bonchev–Trinajstić information content (AvgIpc) is 2.55. The van der Waals surface area contributed by atoms with Crippen molar-refractivity contribution < 1.29 is 29.9 Å². The molecule has 1 saturated heterocycles. The van der Waals surface area contributed by atoms with Crippen molar-refractivity contribution in [2.75, 3.05) is 6.61 Å². The number of nitrogens with one attached hydrogen (secondary N) is 1. The highest BCUT2D eigenvalue weighted by Crippen LogP contribution is 2.29. The van der Waals surface area contributed by atoms with E-state index in [0.29, 0.717) is 0 Å². The Hall–Kier alpha value is -1.45. The molecule has 2 aliphatic rings. The molecule has 1 aliphatic carbocycles. The number of hydrogen-bond acceptors (Lipinski definition) is 7. The molecule has 3 rings (SSSR count). The van der Waals surface area contributed by atoms with Gasteiger partial charge in [-0.3, -0.25) is 9.78 Å². The van der Waals surface area contributed by atoms with Crippen LogP contribution in [0.2, 0.25) is 0 Å². The Morgan fingerprint density at radius 1 is 1.17 bits per heavy atom. The van der Waals surface area contributed by atoms with Crippen LogP contribution in [0.15, 0.2) is 10.9 Å². The predicted octanol–water partition coefficient (Wildman–Crippen LogP) is -1.57. The molecule has 5 atom stereocenters. The van der Waals surface area contributed by atoms with E-state index >= 15 is 0 Å². The highest BCUT2D eigenvalue weighted by atomic mass is 16.7. The number of fused-ring (bicyclic) bond motifs is 1. The summed E-state index contributed by atoms with van der Waals surface area (Å²) >= 11 is 0. The predicted molar refractivity (Wildman–Crippen MR) is 78.1 cm³/mol. The highest BCUT2D eigenvalue weighted by molar-refractivity contribution is 5.36. The monoisotopic (exact) mass is 327 g/mol. The van der Waals surface area contributed by atoms with Gasteiger partial charge in [0, 0.05) is 11.6 Å². The molecule has 8 nitrogen and oxygen atoms in total. The minimum atomic E-state index is -1.52. The molecular weight excluding hydrogens is 306 g/mol. The van der Waals surface area contributed by atoms with E-state index in [1.165, 1.54) is 6.07 Å². The summed E-state index contributed by atoms with van der Waals surface area (Å²) in [5, 5.41) is 38.8. The standard InChI is InChI=1S/C15H21NO7/c17-6-9-11(19)12(20)13(21)15(22-9)23-14-8-4-2-1-3-7(8)5-10(18)16-14/h5,9,11-13,15,17,19-21H,1-4,6H2,(H,16,18)/t9?,11-,12?,13?,15+/m1/s1. The van der Waals surface area contributed by atoms with Crippen molar-refractivity contribution in [3.05, 3.63) is 27.5 Å². The fraction of sp³-hybridized carbons (Fsp3) is 0.667. The van der Waals surface area contributed by atoms with Crippen LogP contribution < -0.4 is 10.3 Å². The van der Waals surface area contributed by atoms with E-state index in [4.69, 9.17) is 9.47 Å². The topological polar surface area (TPSA) is 132 Å². The Morgan fingerprint density at radius 3 is 2.65 bits per heavy atom. The molecule has 0 bridgehead atoms. The Morgan fingerprint density at radius 2 is 1.91 bits per heavy atom. The Labute approximate surface area is 132 Å². The number of pyridine rings is 1. The second-order valence-corrected chi connectivity index (χ2v) is 5.99. The Balaban J connectivity index is 1.86. The zero-order chi connectivity index (χ0) is 16.6. The summed E-state index contributed by atoms with van der Waals surface area (Å²) in [5.41, 5.74) is 1.44. The van der Waals surface area contributed by atoms with Crippen molar-refractivity contribution in [3.8, 4) is 5.88 Å². The van der Waals surface area contributed by atoms with Crippen LogP contribution in [0.3, 0.4) is 0 Å². The maximum Gasteiger partial charge on any atom is 0.250 e. The number of aliphatic hydroxyl groups is 4. The van der Waals surface area contributed by atoms with E-state index in [1.54, 1.807) is 0 Å². The summed E-state index contributed by atoms with van der Waals surface area (Å²) in [6.45, 7) is -0.534. The van der Waals surface area contributed by atoms with Crippen LogP contribution >= 0.6 is 0 Å². The number of aromatic amines is 1. The van der Waals surface area contributed by atoms with Crippen molar-refractivity contribution >= 4 is 0 Å². The zero-order valence-electron chi connectivity index (χ0n) is 12.5. The fourth-order valence-corrected chi connectivity index (χ4v) is 3.11. The summed E-state index contributed by atoms with van der Waals surface area (Å²) in [6, 6.07) is 1.54. The Bertz CT molecular complexity index is 614. The molecule has 0 spiro atoms. The maximum absolute atomic E-state index is 11.8. The summed E-state index contributed by atoms with van der Waals surface area (Å²) in [7, 11) is 0. The molecule has 3 unspecified atom stereocenters. The van der Waals surface area contributed by atoms with Crippen molar-refractivity contribution in [2.24, 2.45) is 0 Å². The minimum Gasteiger partial charge on any atom is -0.446 e. The lowest BCUT2D eigenvalue weighted by Crippen LogP contribution is -2.60. The minimum absolute atomic E-state index is 0.205. The molecule has 1 aromatic rings. The zero-order valence-corrected chi connectivity index (χ0v) is 12.5. The lowest BCUT2D eigenvalue weighted by molar-refractivity contribution is -0.278. The third kappa shape index (κ3) is 3.13. The highest BCUT2D eigenvalue weighted by Gasteiger charge is 2.45. The molecule has 1 aromatic heterocycles. The third-order valence-corrected chi connectivity index (χ3v) is 4.41. The number of aliphatic hydroxyl groups excluding tert-OH is 4. The van der Waals surface area contributed by atoms with Gasteiger partial charge in [0.05, 0.1) is 6.61 Å². The SMILES string of the molecule is O=c1cc2c(c(O[C@@H]3OC(CO)[C@@H](O)C(O)C3O)[nH]1)CCCC2. The van der Waals surface area contributed by atoms with E-state index in [2.05, 4.69) is 4.98 Å². The molecule has 0 aromatic carbocycles. The molecule has 0 amide bonds. The molecule has 1 fully saturated rings. The molecular formula is C15H21NO7. The van der Waals surface area contributed by atoms with Gasteiger partial charge in [0.25, 0.3) is 5.56 Å². The number of H-pyrrole nitrogens is 1. The van der Waals surface area contributed by atoms with Crippen molar-refractivity contribution in [2.45, 2.75) is 56.4 Å². The molecule has 8 heteroatoms. The first-order chi connectivity index (χ1) is 11.0. The van der Waals surface area contributed by atoms with Crippen LogP contribution in [0, 0.1) is 0 Å². The maximum atomic E-state index is 11.8. The van der Waals surface area contributed by atoms with E-state index in [-0.39, 0.29) is 11.4 Å². The Kier molecular flexibility index (Phi) is 4.69. The van der Waals surface area contributed by atoms with Gasteiger partial charge in [-0.25, -0.2) is 0 Å². The molecule has 1 aliphatic heterocycles. The van der Waals surface area contributed by atoms with Crippen molar-refractivity contribution in [1.29, 1.82) is 0 Å². The summed E-state index contributed by atoms with van der Waals surface area (Å²) in [6.07, 6.45) is -3.34. The average molecular weight is 327 g/mol. The van der Waals surface area contributed by atoms with E-state index < -0.39 is 37.3 Å². The number of ether oxygens (including phenoxy) is 2. The quantitative estimate of drug-likeness (QED) is 0.453. The first kappa shape index (κ1) is 16.4. The number of hydrogen-bond donors (Lipinski definition) is 5. The number of aryl methyl sites for hydroxylation is 1. The van der Waals surface area contributed by atoms with Gasteiger partial charge < -0.3 is 29.9 Å². The fourth-order valence-electron chi connectivity index (χ4n) is 3.11. The van der Waals surface area contributed by atoms with Gasteiger partial charge in [-0.2, -0.15) is 0 Å². The van der Waals surface area contributed by atoms with Crippen LogP contribution in [-0.4, -0.2) is 62.7 Å². The summed E-state index contributed by atoms with van der Waals surface area (Å²) in [5.74, 6) is 0.205. The van der Waals surface area contributed by atoms with E-state index in [9.17, 15) is 25.2 Å². The van der Waals surface area contributed by atoms with Crippen molar-refractivity contribution in [3.63, 3.8) is 0 Å². The first-order valence-corrected chi connectivity index (χ1v) is 7.73. The lowest BCUT2D eigenvalue weighted by atomic mass is 9.93. The van der Waals surface area contributed by atoms with Gasteiger partial charge in [0.2, 0.25) is 6.29 Å². The third-order valence-electron chi connectivity index (χ3n) is 4.41. The number of aromatic nitrogens is 1. The summed E-state index contributed by atoms with van der Waals surface area (Å²) < 4.78 is 10.9. The van der Waals surface area contributed by atoms with E-state index in [1.807, 2.05) is 0 Å². The van der Waals surface area contributed by atoms with E-state index in [0.717, 1.165) is 36.8 Å². The van der Waals surface area contributed by atoms with Gasteiger partial charge in [-0.1, -0.05) is 0 Å². The second kappa shape index (κ2) is 6.58. The van der Waals surface area contributed by atoms with Gasteiger partial charge in [0.15, 0.2) is 5.88 Å². The van der Waals surface area contributed by atoms with Crippen LogP contribution in [-0.2, 0) is 17.6 Å². The van der Waals surface area contributed by atoms with Gasteiger partial charge in [-0.15, -0.1) is 0 Å². The largest absolute Gasteiger partial charge is 0.446 e. The van der Waals surface area contributed by atoms with Crippen LogP contribution in [0.5, 0.6) is 5.88 Å². The van der Waals surface area contributed by atoms with Gasteiger partial charge >= 0.3 is 0 Å². The van der Waals surface area contributed by atoms with Crippen molar-refractivity contribution in [1.82, 2.24) is 4.98 Å². The van der Waals surface area contributed by atoms with Crippen LogP contribution in [0.25, 0.3) is 0 Å². The molecule has 5 N–H and O–H groups in total. The second-order valence-electron chi connectivity index (χ2n) is 5.99. The smallest absolute Gasteiger partial charge is 0.250 e. The molecule has 2 heterocycles. The molecule has 0 saturated carbocycles. The summed E-state index contributed by atoms with van der Waals surface area (Å²) in [4.78, 5) is 14.3. The number of rotatable bonds is 3. The van der Waals surface area contributed by atoms with Gasteiger partial charge in [0.1, 0.15) is 24.4 Å². The molecule has 128 valence electrons. The normalized spacial score (nSPS) is 34.0. The molecule has 23 heavy (non-hydrogen) atoms. The molecule has 0 radical (unpaired) electrons.